The number of rotatable bonds is 4. The first kappa shape index (κ1) is 22.2. The molecule has 180 valence electrons. The Balaban J connectivity index is 1.20. The highest BCUT2D eigenvalue weighted by Gasteiger charge is 2.49. The molecular formula is C30H31NO4. The minimum atomic E-state index is -0.968. The van der Waals surface area contributed by atoms with E-state index < -0.39 is 5.60 Å². The normalized spacial score (nSPS) is 25.0. The largest absolute Gasteiger partial charge is 0.497 e. The fraction of sp³-hybridized carbons (Fsp3) is 0.367. The lowest BCUT2D eigenvalue weighted by atomic mass is 9.72. The van der Waals surface area contributed by atoms with Crippen LogP contribution in [0.5, 0.6) is 5.75 Å². The Kier molecular flexibility index (Phi) is 5.53. The Hall–Kier alpha value is -3.31. The lowest BCUT2D eigenvalue weighted by molar-refractivity contribution is -0.0891. The summed E-state index contributed by atoms with van der Waals surface area (Å²) in [5.41, 5.74) is 4.77. The molecule has 2 unspecified atom stereocenters. The van der Waals surface area contributed by atoms with E-state index in [1.807, 2.05) is 41.3 Å². The SMILES string of the molecule is COc1cccc(C2(O)CC3CCCC(C2)N3C(=O)OCC2c3ccccc3-c3ccccc32)c1. The van der Waals surface area contributed by atoms with Gasteiger partial charge in [-0.2, -0.15) is 0 Å². The van der Waals surface area contributed by atoms with Crippen LogP contribution in [0.3, 0.4) is 0 Å². The van der Waals surface area contributed by atoms with Crippen molar-refractivity contribution >= 4 is 6.09 Å². The van der Waals surface area contributed by atoms with Crippen molar-refractivity contribution < 1.29 is 19.4 Å². The van der Waals surface area contributed by atoms with Crippen LogP contribution in [0, 0.1) is 0 Å². The smallest absolute Gasteiger partial charge is 0.410 e. The van der Waals surface area contributed by atoms with E-state index in [1.54, 1.807) is 7.11 Å². The van der Waals surface area contributed by atoms with Gasteiger partial charge in [0.1, 0.15) is 12.4 Å². The van der Waals surface area contributed by atoms with Gasteiger partial charge in [-0.1, -0.05) is 60.7 Å². The molecule has 5 heteroatoms. The second-order valence-electron chi connectivity index (χ2n) is 10.1. The maximum absolute atomic E-state index is 13.4. The number of carbonyl (C=O) groups excluding carboxylic acids is 1. The van der Waals surface area contributed by atoms with Crippen molar-refractivity contribution in [3.05, 3.63) is 89.5 Å². The lowest BCUT2D eigenvalue weighted by Crippen LogP contribution is -2.59. The number of fused-ring (bicyclic) bond motifs is 5. The first-order chi connectivity index (χ1) is 17.1. The molecule has 3 aromatic rings. The van der Waals surface area contributed by atoms with Gasteiger partial charge in [-0.05, 0) is 59.2 Å². The number of carbonyl (C=O) groups is 1. The third kappa shape index (κ3) is 3.79. The summed E-state index contributed by atoms with van der Waals surface area (Å²) in [4.78, 5) is 15.4. The Bertz CT molecular complexity index is 1190. The molecule has 2 bridgehead atoms. The number of aliphatic hydroxyl groups is 1. The summed E-state index contributed by atoms with van der Waals surface area (Å²) in [5.74, 6) is 0.782. The van der Waals surface area contributed by atoms with Gasteiger partial charge in [0, 0.05) is 30.8 Å². The van der Waals surface area contributed by atoms with E-state index in [9.17, 15) is 9.90 Å². The molecule has 3 aliphatic rings. The Morgan fingerprint density at radius 1 is 0.943 bits per heavy atom. The zero-order chi connectivity index (χ0) is 24.0. The molecule has 2 atom stereocenters. The Labute approximate surface area is 206 Å². The molecular weight excluding hydrogens is 438 g/mol. The van der Waals surface area contributed by atoms with Gasteiger partial charge in [0.25, 0.3) is 0 Å². The van der Waals surface area contributed by atoms with Crippen molar-refractivity contribution in [1.82, 2.24) is 4.90 Å². The van der Waals surface area contributed by atoms with E-state index in [0.717, 1.165) is 30.6 Å². The van der Waals surface area contributed by atoms with Crippen LogP contribution in [0.1, 0.15) is 54.7 Å². The number of hydrogen-bond donors (Lipinski definition) is 1. The van der Waals surface area contributed by atoms with Crippen molar-refractivity contribution in [3.63, 3.8) is 0 Å². The highest BCUT2D eigenvalue weighted by Crippen LogP contribution is 2.47. The Morgan fingerprint density at radius 2 is 1.57 bits per heavy atom. The zero-order valence-corrected chi connectivity index (χ0v) is 20.0. The van der Waals surface area contributed by atoms with Gasteiger partial charge in [-0.25, -0.2) is 4.79 Å². The summed E-state index contributed by atoms with van der Waals surface area (Å²) in [7, 11) is 1.64. The van der Waals surface area contributed by atoms with Crippen molar-refractivity contribution in [1.29, 1.82) is 0 Å². The highest BCUT2D eigenvalue weighted by atomic mass is 16.6. The number of benzene rings is 3. The van der Waals surface area contributed by atoms with Crippen LogP contribution < -0.4 is 4.74 Å². The number of ether oxygens (including phenoxy) is 2. The molecule has 6 rings (SSSR count). The minimum Gasteiger partial charge on any atom is -0.497 e. The van der Waals surface area contributed by atoms with Crippen LogP contribution >= 0.6 is 0 Å². The summed E-state index contributed by atoms with van der Waals surface area (Å²) < 4.78 is 11.4. The minimum absolute atomic E-state index is 0.0330. The van der Waals surface area contributed by atoms with Crippen LogP contribution in [0.15, 0.2) is 72.8 Å². The summed E-state index contributed by atoms with van der Waals surface area (Å²) in [5, 5.41) is 11.7. The highest BCUT2D eigenvalue weighted by molar-refractivity contribution is 5.79. The van der Waals surface area contributed by atoms with Gasteiger partial charge in [0.15, 0.2) is 0 Å². The zero-order valence-electron chi connectivity index (χ0n) is 20.0. The molecule has 1 amide bonds. The van der Waals surface area contributed by atoms with Gasteiger partial charge in [-0.3, -0.25) is 0 Å². The number of hydrogen-bond acceptors (Lipinski definition) is 4. The van der Waals surface area contributed by atoms with E-state index in [4.69, 9.17) is 9.47 Å². The molecule has 2 saturated heterocycles. The maximum atomic E-state index is 13.4. The van der Waals surface area contributed by atoms with E-state index in [1.165, 1.54) is 22.3 Å². The fourth-order valence-corrected chi connectivity index (χ4v) is 6.54. The standard InChI is InChI=1S/C30H31NO4/c1-34-23-11-6-8-20(16-23)30(33)17-21-9-7-10-22(18-30)31(21)29(32)35-19-28-26-14-4-2-12-24(26)25-13-3-5-15-27(25)28/h2-6,8,11-16,21-22,28,33H,7,9-10,17-19H2,1H3. The summed E-state index contributed by atoms with van der Waals surface area (Å²) >= 11 is 0. The van der Waals surface area contributed by atoms with Crippen LogP contribution in [0.2, 0.25) is 0 Å². The van der Waals surface area contributed by atoms with Gasteiger partial charge < -0.3 is 19.5 Å². The van der Waals surface area contributed by atoms with Crippen LogP contribution in [0.4, 0.5) is 4.79 Å². The number of piperidine rings is 2. The molecule has 3 aromatic carbocycles. The van der Waals surface area contributed by atoms with Crippen molar-refractivity contribution in [3.8, 4) is 16.9 Å². The van der Waals surface area contributed by atoms with Gasteiger partial charge >= 0.3 is 6.09 Å². The molecule has 0 aromatic heterocycles. The molecule has 2 heterocycles. The fourth-order valence-electron chi connectivity index (χ4n) is 6.54. The van der Waals surface area contributed by atoms with Crippen molar-refractivity contribution in [2.24, 2.45) is 0 Å². The van der Waals surface area contributed by atoms with E-state index >= 15 is 0 Å². The molecule has 1 N–H and O–H groups in total. The van der Waals surface area contributed by atoms with Gasteiger partial charge in [0.2, 0.25) is 0 Å². The molecule has 2 fully saturated rings. The third-order valence-electron chi connectivity index (χ3n) is 8.16. The van der Waals surface area contributed by atoms with E-state index in [-0.39, 0.29) is 24.1 Å². The number of methoxy groups -OCH3 is 1. The second-order valence-corrected chi connectivity index (χ2v) is 10.1. The molecule has 0 radical (unpaired) electrons. The first-order valence-electron chi connectivity index (χ1n) is 12.6. The van der Waals surface area contributed by atoms with E-state index in [2.05, 4.69) is 36.4 Å². The van der Waals surface area contributed by atoms with Crippen molar-refractivity contribution in [2.75, 3.05) is 13.7 Å². The molecule has 1 aliphatic carbocycles. The van der Waals surface area contributed by atoms with Crippen molar-refractivity contribution in [2.45, 2.75) is 55.7 Å². The Morgan fingerprint density at radius 3 is 2.20 bits per heavy atom. The first-order valence-corrected chi connectivity index (χ1v) is 12.6. The molecule has 2 aliphatic heterocycles. The molecule has 0 spiro atoms. The summed E-state index contributed by atoms with van der Waals surface area (Å²) in [6, 6.07) is 24.4. The third-order valence-corrected chi connectivity index (χ3v) is 8.16. The topological polar surface area (TPSA) is 59.0 Å². The van der Waals surface area contributed by atoms with Gasteiger partial charge in [0.05, 0.1) is 12.7 Å². The summed E-state index contributed by atoms with van der Waals surface area (Å²) in [6.07, 6.45) is 3.60. The van der Waals surface area contributed by atoms with E-state index in [0.29, 0.717) is 19.4 Å². The van der Waals surface area contributed by atoms with Crippen LogP contribution in [-0.4, -0.2) is 41.9 Å². The average Bonchev–Trinajstić information content (AvgIpc) is 3.20. The predicted octanol–water partition coefficient (Wildman–Crippen LogP) is 5.85. The van der Waals surface area contributed by atoms with Crippen LogP contribution in [-0.2, 0) is 10.3 Å². The molecule has 0 saturated carbocycles. The summed E-state index contributed by atoms with van der Waals surface area (Å²) in [6.45, 7) is 0.322. The lowest BCUT2D eigenvalue weighted by Gasteiger charge is -2.51. The molecule has 35 heavy (non-hydrogen) atoms. The van der Waals surface area contributed by atoms with Crippen LogP contribution in [0.25, 0.3) is 11.1 Å². The molecule has 5 nitrogen and oxygen atoms in total. The predicted molar refractivity (Wildman–Crippen MR) is 134 cm³/mol. The maximum Gasteiger partial charge on any atom is 0.410 e. The number of amides is 1. The number of nitrogens with zero attached hydrogens (tertiary/aromatic N) is 1. The monoisotopic (exact) mass is 469 g/mol. The second kappa shape index (κ2) is 8.72. The van der Waals surface area contributed by atoms with Gasteiger partial charge in [-0.15, -0.1) is 0 Å². The average molecular weight is 470 g/mol. The quantitative estimate of drug-likeness (QED) is 0.521.